The van der Waals surface area contributed by atoms with E-state index in [0.717, 1.165) is 34.1 Å². The second-order valence-corrected chi connectivity index (χ2v) is 8.44. The molecule has 0 unspecified atom stereocenters. The third kappa shape index (κ3) is 5.31. The highest BCUT2D eigenvalue weighted by atomic mass is 35.5. The number of aromatic nitrogens is 4. The first-order chi connectivity index (χ1) is 17.1. The molecule has 0 bridgehead atoms. The monoisotopic (exact) mass is 492 g/mol. The van der Waals surface area contributed by atoms with Crippen molar-refractivity contribution in [3.63, 3.8) is 0 Å². The SMILES string of the molecule is O=C(NCc1ncccc1F)c1coc(CCNCCc2nc3c(ccc4ccc(Cl)cc43)[nH]2)n1. The molecule has 0 atom stereocenters. The smallest absolute Gasteiger partial charge is 0.273 e. The molecule has 5 rings (SSSR count). The van der Waals surface area contributed by atoms with E-state index in [0.29, 0.717) is 30.4 Å². The molecular weight excluding hydrogens is 471 g/mol. The van der Waals surface area contributed by atoms with Crippen LogP contribution in [0, 0.1) is 5.82 Å². The predicted octanol–water partition coefficient (Wildman–Crippen LogP) is 4.20. The van der Waals surface area contributed by atoms with E-state index in [4.69, 9.17) is 21.0 Å². The van der Waals surface area contributed by atoms with Crippen molar-refractivity contribution in [2.75, 3.05) is 13.1 Å². The normalized spacial score (nSPS) is 11.4. The third-order valence-electron chi connectivity index (χ3n) is 5.57. The molecule has 0 fully saturated rings. The molecule has 8 nitrogen and oxygen atoms in total. The number of hydrogen-bond donors (Lipinski definition) is 3. The van der Waals surface area contributed by atoms with Gasteiger partial charge in [0, 0.05) is 42.5 Å². The van der Waals surface area contributed by atoms with Gasteiger partial charge in [-0.25, -0.2) is 14.4 Å². The second-order valence-electron chi connectivity index (χ2n) is 8.00. The van der Waals surface area contributed by atoms with Gasteiger partial charge in [-0.05, 0) is 35.7 Å². The molecule has 0 aliphatic heterocycles. The van der Waals surface area contributed by atoms with Crippen molar-refractivity contribution < 1.29 is 13.6 Å². The van der Waals surface area contributed by atoms with Crippen molar-refractivity contribution in [3.8, 4) is 0 Å². The van der Waals surface area contributed by atoms with Gasteiger partial charge in [-0.15, -0.1) is 0 Å². The molecule has 3 N–H and O–H groups in total. The average Bonchev–Trinajstić information content (AvgIpc) is 3.50. The molecule has 35 heavy (non-hydrogen) atoms. The average molecular weight is 493 g/mol. The molecule has 3 heterocycles. The van der Waals surface area contributed by atoms with E-state index in [2.05, 4.69) is 31.7 Å². The standard InChI is InChI=1S/C25H22ClFN6O2/c26-16-5-3-15-4-6-19-24(17(15)12-16)33-22(31-19)7-10-28-11-8-23-32-21(14-35-23)25(34)30-13-20-18(27)2-1-9-29-20/h1-6,9,12,14,28H,7-8,10-11,13H2,(H,30,34)(H,31,33). The topological polar surface area (TPSA) is 109 Å². The van der Waals surface area contributed by atoms with Crippen LogP contribution >= 0.6 is 11.6 Å². The number of carbonyl (C=O) groups excluding carboxylic acids is 1. The number of pyridine rings is 1. The summed E-state index contributed by atoms with van der Waals surface area (Å²) in [6, 6.07) is 12.7. The van der Waals surface area contributed by atoms with Crippen LogP contribution in [0.5, 0.6) is 0 Å². The first-order valence-electron chi connectivity index (χ1n) is 11.2. The van der Waals surface area contributed by atoms with Crippen LogP contribution < -0.4 is 10.6 Å². The summed E-state index contributed by atoms with van der Waals surface area (Å²) >= 11 is 6.16. The minimum absolute atomic E-state index is 0.0279. The summed E-state index contributed by atoms with van der Waals surface area (Å²) in [5, 5.41) is 8.74. The van der Waals surface area contributed by atoms with Crippen LogP contribution in [0.2, 0.25) is 5.02 Å². The first-order valence-corrected chi connectivity index (χ1v) is 11.5. The molecule has 0 radical (unpaired) electrons. The van der Waals surface area contributed by atoms with Crippen LogP contribution in [-0.2, 0) is 19.4 Å². The fraction of sp³-hybridized carbons (Fsp3) is 0.200. The first kappa shape index (κ1) is 22.9. The highest BCUT2D eigenvalue weighted by molar-refractivity contribution is 6.31. The summed E-state index contributed by atoms with van der Waals surface area (Å²) in [5.74, 6) is 0.412. The minimum atomic E-state index is -0.472. The Morgan fingerprint density at radius 2 is 1.97 bits per heavy atom. The molecule has 0 spiro atoms. The van der Waals surface area contributed by atoms with Gasteiger partial charge in [0.2, 0.25) is 0 Å². The Hall–Kier alpha value is -3.82. The zero-order valence-electron chi connectivity index (χ0n) is 18.6. The Balaban J connectivity index is 1.09. The Kier molecular flexibility index (Phi) is 6.69. The van der Waals surface area contributed by atoms with Crippen molar-refractivity contribution in [3.05, 3.63) is 88.9 Å². The van der Waals surface area contributed by atoms with E-state index in [1.165, 1.54) is 24.6 Å². The molecule has 0 aliphatic rings. The van der Waals surface area contributed by atoms with Gasteiger partial charge in [-0.2, -0.15) is 0 Å². The van der Waals surface area contributed by atoms with Crippen LogP contribution in [0.15, 0.2) is 59.3 Å². The van der Waals surface area contributed by atoms with Crippen LogP contribution in [0.1, 0.15) is 27.9 Å². The molecule has 0 saturated carbocycles. The number of H-pyrrole nitrogens is 1. The molecule has 5 aromatic rings. The molecular formula is C25H22ClFN6O2. The lowest BCUT2D eigenvalue weighted by atomic mass is 10.1. The summed E-state index contributed by atoms with van der Waals surface area (Å²) in [7, 11) is 0. The zero-order chi connectivity index (χ0) is 24.2. The number of aromatic amines is 1. The number of hydrogen-bond acceptors (Lipinski definition) is 6. The lowest BCUT2D eigenvalue weighted by Gasteiger charge is -2.03. The number of amides is 1. The summed E-state index contributed by atoms with van der Waals surface area (Å²) in [6.07, 6.45) is 4.01. The summed E-state index contributed by atoms with van der Waals surface area (Å²) < 4.78 is 19.0. The number of fused-ring (bicyclic) bond motifs is 3. The van der Waals surface area contributed by atoms with Crippen LogP contribution in [0.3, 0.4) is 0 Å². The van der Waals surface area contributed by atoms with Gasteiger partial charge in [0.25, 0.3) is 5.91 Å². The maximum absolute atomic E-state index is 13.6. The van der Waals surface area contributed by atoms with Crippen molar-refractivity contribution in [2.45, 2.75) is 19.4 Å². The van der Waals surface area contributed by atoms with Gasteiger partial charge in [-0.1, -0.05) is 23.7 Å². The van der Waals surface area contributed by atoms with Crippen LogP contribution in [0.25, 0.3) is 21.8 Å². The van der Waals surface area contributed by atoms with E-state index in [9.17, 15) is 9.18 Å². The van der Waals surface area contributed by atoms with E-state index in [-0.39, 0.29) is 17.9 Å². The highest BCUT2D eigenvalue weighted by Crippen LogP contribution is 2.26. The summed E-state index contributed by atoms with van der Waals surface area (Å²) in [5.41, 5.74) is 2.20. The summed E-state index contributed by atoms with van der Waals surface area (Å²) in [4.78, 5) is 28.4. The molecule has 1 amide bonds. The van der Waals surface area contributed by atoms with Gasteiger partial charge in [0.05, 0.1) is 23.3 Å². The maximum atomic E-state index is 13.6. The number of halogens is 2. The van der Waals surface area contributed by atoms with Gasteiger partial charge < -0.3 is 20.0 Å². The van der Waals surface area contributed by atoms with Crippen molar-refractivity contribution in [1.29, 1.82) is 0 Å². The van der Waals surface area contributed by atoms with E-state index < -0.39 is 11.7 Å². The Morgan fingerprint density at radius 1 is 1.11 bits per heavy atom. The number of nitrogens with one attached hydrogen (secondary N) is 3. The number of rotatable bonds is 9. The zero-order valence-corrected chi connectivity index (χ0v) is 19.4. The number of benzene rings is 2. The second kappa shape index (κ2) is 10.2. The minimum Gasteiger partial charge on any atom is -0.448 e. The number of nitrogens with zero attached hydrogens (tertiary/aromatic N) is 3. The number of imidazole rings is 1. The lowest BCUT2D eigenvalue weighted by Crippen LogP contribution is -2.24. The van der Waals surface area contributed by atoms with Gasteiger partial charge >= 0.3 is 0 Å². The summed E-state index contributed by atoms with van der Waals surface area (Å²) in [6.45, 7) is 1.31. The quantitative estimate of drug-likeness (QED) is 0.266. The van der Waals surface area contributed by atoms with Gasteiger partial charge in [0.1, 0.15) is 17.9 Å². The van der Waals surface area contributed by atoms with E-state index in [1.54, 1.807) is 0 Å². The largest absolute Gasteiger partial charge is 0.448 e. The Labute approximate surface area is 204 Å². The fourth-order valence-electron chi connectivity index (χ4n) is 3.79. The van der Waals surface area contributed by atoms with E-state index >= 15 is 0 Å². The van der Waals surface area contributed by atoms with Gasteiger partial charge in [0.15, 0.2) is 11.6 Å². The number of oxazole rings is 1. The maximum Gasteiger partial charge on any atom is 0.273 e. The highest BCUT2D eigenvalue weighted by Gasteiger charge is 2.13. The Morgan fingerprint density at radius 3 is 2.86 bits per heavy atom. The predicted molar refractivity (Wildman–Crippen MR) is 131 cm³/mol. The van der Waals surface area contributed by atoms with Crippen molar-refractivity contribution in [2.24, 2.45) is 0 Å². The molecule has 0 aliphatic carbocycles. The molecule has 178 valence electrons. The Bertz CT molecular complexity index is 1500. The van der Waals surface area contributed by atoms with Crippen LogP contribution in [-0.4, -0.2) is 38.9 Å². The molecule has 10 heteroatoms. The van der Waals surface area contributed by atoms with E-state index in [1.807, 2.05) is 24.3 Å². The molecule has 0 saturated heterocycles. The van der Waals surface area contributed by atoms with Crippen molar-refractivity contribution in [1.82, 2.24) is 30.6 Å². The third-order valence-corrected chi connectivity index (χ3v) is 5.81. The van der Waals surface area contributed by atoms with Crippen molar-refractivity contribution >= 4 is 39.3 Å². The fourth-order valence-corrected chi connectivity index (χ4v) is 3.97. The molecule has 2 aromatic carbocycles. The molecule has 3 aromatic heterocycles. The van der Waals surface area contributed by atoms with Crippen LogP contribution in [0.4, 0.5) is 4.39 Å². The van der Waals surface area contributed by atoms with Gasteiger partial charge in [-0.3, -0.25) is 9.78 Å². The number of carbonyl (C=O) groups is 1. The lowest BCUT2D eigenvalue weighted by molar-refractivity contribution is 0.0945.